The quantitative estimate of drug-likeness (QED) is 0.358. The van der Waals surface area contributed by atoms with Gasteiger partial charge in [-0.3, -0.25) is 4.99 Å². The van der Waals surface area contributed by atoms with Crippen LogP contribution in [0.4, 0.5) is 0 Å². The molecule has 4 heteroatoms. The van der Waals surface area contributed by atoms with Crippen LogP contribution in [0.3, 0.4) is 0 Å². The maximum Gasteiger partial charge on any atom is 0.156 e. The Morgan fingerprint density at radius 3 is 2.38 bits per heavy atom. The molecule has 0 spiro atoms. The van der Waals surface area contributed by atoms with E-state index in [0.29, 0.717) is 6.54 Å². The highest BCUT2D eigenvalue weighted by molar-refractivity contribution is 5.90. The fourth-order valence-electron chi connectivity index (χ4n) is 3.32. The third-order valence-corrected chi connectivity index (χ3v) is 4.77. The summed E-state index contributed by atoms with van der Waals surface area (Å²) in [7, 11) is 0. The van der Waals surface area contributed by atoms with Gasteiger partial charge in [-0.15, -0.1) is 0 Å². The Bertz CT molecular complexity index is 1230. The van der Waals surface area contributed by atoms with Crippen LogP contribution in [0.2, 0.25) is 0 Å². The normalized spacial score (nSPS) is 11.4. The summed E-state index contributed by atoms with van der Waals surface area (Å²) in [5.41, 5.74) is 4.71. The van der Waals surface area contributed by atoms with Gasteiger partial charge in [0.2, 0.25) is 0 Å². The lowest BCUT2D eigenvalue weighted by Crippen LogP contribution is -1.93. The highest BCUT2D eigenvalue weighted by atomic mass is 16.3. The molecule has 0 N–H and O–H groups in total. The molecule has 0 aliphatic rings. The lowest BCUT2D eigenvalue weighted by atomic mass is 10.2. The minimum atomic E-state index is 0.622. The average molecular weight is 377 g/mol. The van der Waals surface area contributed by atoms with E-state index in [1.165, 1.54) is 5.56 Å². The van der Waals surface area contributed by atoms with Crippen LogP contribution in [0.25, 0.3) is 28.1 Å². The molecule has 0 radical (unpaired) electrons. The van der Waals surface area contributed by atoms with Crippen LogP contribution in [0.15, 0.2) is 107 Å². The van der Waals surface area contributed by atoms with Crippen LogP contribution in [0.5, 0.6) is 0 Å². The Morgan fingerprint density at radius 1 is 0.862 bits per heavy atom. The van der Waals surface area contributed by atoms with Crippen molar-refractivity contribution in [1.29, 1.82) is 0 Å². The molecule has 0 atom stereocenters. The highest BCUT2D eigenvalue weighted by Crippen LogP contribution is 2.29. The number of nitrogens with zero attached hydrogens (tertiary/aromatic N) is 3. The average Bonchev–Trinajstić information content (AvgIpc) is 3.39. The monoisotopic (exact) mass is 377 g/mol. The van der Waals surface area contributed by atoms with E-state index < -0.39 is 0 Å². The molecule has 140 valence electrons. The summed E-state index contributed by atoms with van der Waals surface area (Å²) in [5, 5.41) is 5.86. The number of benzene rings is 3. The Morgan fingerprint density at radius 2 is 1.59 bits per heavy atom. The van der Waals surface area contributed by atoms with Gasteiger partial charge >= 0.3 is 0 Å². The Kier molecular flexibility index (Phi) is 4.51. The summed E-state index contributed by atoms with van der Waals surface area (Å²) in [6, 6.07) is 30.3. The molecule has 2 aromatic heterocycles. The number of para-hydroxylation sites is 2. The molecule has 3 aromatic carbocycles. The number of aromatic nitrogens is 2. The van der Waals surface area contributed by atoms with Gasteiger partial charge in [0.05, 0.1) is 12.2 Å². The maximum atomic E-state index is 6.07. The third kappa shape index (κ3) is 3.60. The van der Waals surface area contributed by atoms with Crippen LogP contribution >= 0.6 is 0 Å². The zero-order chi connectivity index (χ0) is 19.5. The number of hydrogen-bond acceptors (Lipinski definition) is 3. The van der Waals surface area contributed by atoms with Gasteiger partial charge in [0.25, 0.3) is 0 Å². The number of aliphatic imine (C=N–C) groups is 1. The van der Waals surface area contributed by atoms with Crippen LogP contribution in [0.1, 0.15) is 11.1 Å². The predicted octanol–water partition coefficient (Wildman–Crippen LogP) is 5.90. The second-order valence-electron chi connectivity index (χ2n) is 6.82. The van der Waals surface area contributed by atoms with Crippen molar-refractivity contribution in [2.24, 2.45) is 4.99 Å². The molecule has 4 nitrogen and oxygen atoms in total. The first-order valence-corrected chi connectivity index (χ1v) is 9.55. The Hall–Kier alpha value is -3.92. The molecule has 0 saturated heterocycles. The van der Waals surface area contributed by atoms with Crippen molar-refractivity contribution in [3.8, 4) is 17.1 Å². The standard InChI is InChI=1S/C25H19N3O/c1-3-9-19(10-4-1)16-26-17-21-18-28(22-12-5-2-6-13-22)27-25(21)24-15-20-11-7-8-14-23(20)29-24/h1-15,17-18H,16H2. The van der Waals surface area contributed by atoms with Gasteiger partial charge in [-0.05, 0) is 29.8 Å². The van der Waals surface area contributed by atoms with E-state index in [4.69, 9.17) is 9.52 Å². The van der Waals surface area contributed by atoms with E-state index in [9.17, 15) is 0 Å². The van der Waals surface area contributed by atoms with Crippen molar-refractivity contribution in [3.05, 3.63) is 108 Å². The van der Waals surface area contributed by atoms with Crippen LogP contribution < -0.4 is 0 Å². The largest absolute Gasteiger partial charge is 0.454 e. The number of hydrogen-bond donors (Lipinski definition) is 0. The third-order valence-electron chi connectivity index (χ3n) is 4.77. The van der Waals surface area contributed by atoms with Gasteiger partial charge < -0.3 is 4.42 Å². The number of rotatable bonds is 5. The van der Waals surface area contributed by atoms with Crippen molar-refractivity contribution in [2.45, 2.75) is 6.54 Å². The SMILES string of the molecule is C(=NCc1ccccc1)c1cn(-c2ccccc2)nc1-c1cc2ccccc2o1. The fourth-order valence-corrected chi connectivity index (χ4v) is 3.32. The molecule has 0 fully saturated rings. The van der Waals surface area contributed by atoms with Crippen molar-refractivity contribution >= 4 is 17.2 Å². The maximum absolute atomic E-state index is 6.07. The molecule has 0 unspecified atom stereocenters. The molecule has 0 aliphatic heterocycles. The lowest BCUT2D eigenvalue weighted by molar-refractivity contribution is 0.627. The van der Waals surface area contributed by atoms with Gasteiger partial charge in [0.15, 0.2) is 5.76 Å². The summed E-state index contributed by atoms with van der Waals surface area (Å²) in [5.74, 6) is 0.738. The summed E-state index contributed by atoms with van der Waals surface area (Å²) < 4.78 is 7.94. The van der Waals surface area contributed by atoms with E-state index in [0.717, 1.165) is 33.7 Å². The summed E-state index contributed by atoms with van der Waals surface area (Å²) in [6.07, 6.45) is 3.87. The number of fused-ring (bicyclic) bond motifs is 1. The Balaban J connectivity index is 1.55. The summed E-state index contributed by atoms with van der Waals surface area (Å²) in [6.45, 7) is 0.622. The van der Waals surface area contributed by atoms with Crippen LogP contribution in [-0.4, -0.2) is 16.0 Å². The second-order valence-corrected chi connectivity index (χ2v) is 6.82. The molecule has 0 bridgehead atoms. The van der Waals surface area contributed by atoms with Gasteiger partial charge in [0, 0.05) is 23.4 Å². The Labute approximate surface area is 168 Å². The first-order valence-electron chi connectivity index (χ1n) is 9.55. The minimum Gasteiger partial charge on any atom is -0.454 e. The molecule has 5 rings (SSSR count). The van der Waals surface area contributed by atoms with E-state index in [2.05, 4.69) is 17.1 Å². The van der Waals surface area contributed by atoms with Crippen LogP contribution in [-0.2, 0) is 6.54 Å². The molecular formula is C25H19N3O. The smallest absolute Gasteiger partial charge is 0.156 e. The van der Waals surface area contributed by atoms with Crippen molar-refractivity contribution in [3.63, 3.8) is 0 Å². The van der Waals surface area contributed by atoms with E-state index in [-0.39, 0.29) is 0 Å². The summed E-state index contributed by atoms with van der Waals surface area (Å²) in [4.78, 5) is 4.64. The predicted molar refractivity (Wildman–Crippen MR) is 117 cm³/mol. The van der Waals surface area contributed by atoms with Gasteiger partial charge in [-0.25, -0.2) is 4.68 Å². The zero-order valence-electron chi connectivity index (χ0n) is 15.8. The molecular weight excluding hydrogens is 358 g/mol. The minimum absolute atomic E-state index is 0.622. The topological polar surface area (TPSA) is 43.3 Å². The van der Waals surface area contributed by atoms with Crippen molar-refractivity contribution in [2.75, 3.05) is 0 Å². The second kappa shape index (κ2) is 7.60. The van der Waals surface area contributed by atoms with E-state index in [1.807, 2.05) is 96.0 Å². The number of furan rings is 1. The van der Waals surface area contributed by atoms with Gasteiger partial charge in [-0.1, -0.05) is 66.7 Å². The zero-order valence-corrected chi connectivity index (χ0v) is 15.8. The van der Waals surface area contributed by atoms with Crippen molar-refractivity contribution in [1.82, 2.24) is 9.78 Å². The molecule has 0 amide bonds. The first-order chi connectivity index (χ1) is 14.4. The highest BCUT2D eigenvalue weighted by Gasteiger charge is 2.15. The first kappa shape index (κ1) is 17.2. The fraction of sp³-hybridized carbons (Fsp3) is 0.0400. The molecule has 29 heavy (non-hydrogen) atoms. The lowest BCUT2D eigenvalue weighted by Gasteiger charge is -1.98. The molecule has 0 aliphatic carbocycles. The van der Waals surface area contributed by atoms with Gasteiger partial charge in [0.1, 0.15) is 11.3 Å². The summed E-state index contributed by atoms with van der Waals surface area (Å²) >= 11 is 0. The van der Waals surface area contributed by atoms with Crippen LogP contribution in [0, 0.1) is 0 Å². The van der Waals surface area contributed by atoms with Gasteiger partial charge in [-0.2, -0.15) is 5.10 Å². The molecule has 5 aromatic rings. The molecule has 2 heterocycles. The van der Waals surface area contributed by atoms with E-state index >= 15 is 0 Å². The van der Waals surface area contributed by atoms with E-state index in [1.54, 1.807) is 0 Å². The molecule has 0 saturated carbocycles. The van der Waals surface area contributed by atoms with Crippen molar-refractivity contribution < 1.29 is 4.42 Å².